The summed E-state index contributed by atoms with van der Waals surface area (Å²) in [4.78, 5) is 16.6. The molecule has 0 radical (unpaired) electrons. The molecule has 0 aliphatic rings. The zero-order chi connectivity index (χ0) is 20.1. The molecule has 0 bridgehead atoms. The van der Waals surface area contributed by atoms with Gasteiger partial charge < -0.3 is 14.8 Å². The van der Waals surface area contributed by atoms with Crippen molar-refractivity contribution in [3.8, 4) is 11.5 Å². The first-order valence-corrected chi connectivity index (χ1v) is 9.39. The molecule has 2 N–H and O–H groups in total. The second-order valence-corrected chi connectivity index (χ2v) is 7.40. The normalized spacial score (nSPS) is 11.8. The number of aromatic nitrogens is 7. The standard InChI is InChI=1S/C20H20N8O/c1-10(2)16-15(20-25-12(4)27-29-20)8-28-17(16)19(22-9-23-28)26-14-6-13-5-11(3)24-18(13)21-7-14/h5-10H,1-4H3,(H,21,24)(H,22,23,26). The molecule has 5 aromatic rings. The number of nitrogens with zero attached hydrogens (tertiary/aromatic N) is 6. The van der Waals surface area contributed by atoms with Crippen molar-refractivity contribution in [2.75, 3.05) is 5.32 Å². The van der Waals surface area contributed by atoms with Crippen LogP contribution in [0.1, 0.15) is 36.8 Å². The van der Waals surface area contributed by atoms with E-state index in [4.69, 9.17) is 4.52 Å². The lowest BCUT2D eigenvalue weighted by Gasteiger charge is -2.11. The number of pyridine rings is 1. The maximum Gasteiger partial charge on any atom is 0.259 e. The number of hydrogen-bond acceptors (Lipinski definition) is 7. The van der Waals surface area contributed by atoms with Crippen LogP contribution in [0.25, 0.3) is 28.0 Å². The van der Waals surface area contributed by atoms with E-state index in [-0.39, 0.29) is 5.92 Å². The van der Waals surface area contributed by atoms with Gasteiger partial charge in [0, 0.05) is 17.3 Å². The SMILES string of the molecule is Cc1noc(-c2cn3ncnc(Nc4cnc5[nH]c(C)cc5c4)c3c2C(C)C)n1. The number of anilines is 2. The molecule has 0 saturated carbocycles. The number of aromatic amines is 1. The van der Waals surface area contributed by atoms with Gasteiger partial charge in [-0.25, -0.2) is 14.5 Å². The number of hydrogen-bond donors (Lipinski definition) is 2. The van der Waals surface area contributed by atoms with Gasteiger partial charge in [0.15, 0.2) is 11.6 Å². The van der Waals surface area contributed by atoms with Crippen LogP contribution in [-0.2, 0) is 0 Å². The topological polar surface area (TPSA) is 110 Å². The fourth-order valence-corrected chi connectivity index (χ4v) is 3.65. The Morgan fingerprint density at radius 3 is 2.79 bits per heavy atom. The van der Waals surface area contributed by atoms with Crippen molar-refractivity contribution in [3.05, 3.63) is 47.9 Å². The summed E-state index contributed by atoms with van der Waals surface area (Å²) >= 11 is 0. The third kappa shape index (κ3) is 2.91. The molecule has 0 aliphatic carbocycles. The van der Waals surface area contributed by atoms with Crippen molar-refractivity contribution >= 4 is 28.1 Å². The number of H-pyrrole nitrogens is 1. The lowest BCUT2D eigenvalue weighted by Crippen LogP contribution is -2.02. The minimum atomic E-state index is 0.196. The Morgan fingerprint density at radius 1 is 1.17 bits per heavy atom. The van der Waals surface area contributed by atoms with Crippen LogP contribution in [0.4, 0.5) is 11.5 Å². The summed E-state index contributed by atoms with van der Waals surface area (Å²) in [7, 11) is 0. The molecule has 0 spiro atoms. The van der Waals surface area contributed by atoms with E-state index in [0.29, 0.717) is 17.5 Å². The maximum absolute atomic E-state index is 5.42. The van der Waals surface area contributed by atoms with Crippen molar-refractivity contribution in [1.82, 2.24) is 34.7 Å². The van der Waals surface area contributed by atoms with E-state index in [0.717, 1.165) is 39.1 Å². The van der Waals surface area contributed by atoms with Crippen LogP contribution in [0.5, 0.6) is 0 Å². The predicted octanol–water partition coefficient (Wildman–Crippen LogP) is 4.14. The smallest absolute Gasteiger partial charge is 0.259 e. The molecular formula is C20H20N8O. The largest absolute Gasteiger partial charge is 0.344 e. The molecule has 5 rings (SSSR count). The number of aryl methyl sites for hydroxylation is 2. The van der Waals surface area contributed by atoms with Crippen LogP contribution in [0.3, 0.4) is 0 Å². The Morgan fingerprint density at radius 2 is 2.03 bits per heavy atom. The molecule has 5 heterocycles. The zero-order valence-corrected chi connectivity index (χ0v) is 16.6. The van der Waals surface area contributed by atoms with Crippen LogP contribution in [0.15, 0.2) is 35.4 Å². The first kappa shape index (κ1) is 17.4. The van der Waals surface area contributed by atoms with E-state index in [1.807, 2.05) is 19.2 Å². The molecular weight excluding hydrogens is 368 g/mol. The summed E-state index contributed by atoms with van der Waals surface area (Å²) < 4.78 is 7.22. The minimum absolute atomic E-state index is 0.196. The summed E-state index contributed by atoms with van der Waals surface area (Å²) in [5.41, 5.74) is 5.56. The molecule has 0 unspecified atom stereocenters. The van der Waals surface area contributed by atoms with Gasteiger partial charge in [-0.15, -0.1) is 0 Å². The lowest BCUT2D eigenvalue weighted by molar-refractivity contribution is 0.425. The van der Waals surface area contributed by atoms with Gasteiger partial charge in [0.2, 0.25) is 0 Å². The minimum Gasteiger partial charge on any atom is -0.344 e. The van der Waals surface area contributed by atoms with Gasteiger partial charge in [-0.3, -0.25) is 0 Å². The molecule has 0 amide bonds. The Bertz CT molecular complexity index is 1340. The monoisotopic (exact) mass is 388 g/mol. The molecule has 0 aliphatic heterocycles. The van der Waals surface area contributed by atoms with E-state index in [2.05, 4.69) is 55.4 Å². The highest BCUT2D eigenvalue weighted by Crippen LogP contribution is 2.36. The summed E-state index contributed by atoms with van der Waals surface area (Å²) in [5, 5.41) is 12.8. The molecule has 0 saturated heterocycles. The van der Waals surface area contributed by atoms with Crippen molar-refractivity contribution in [3.63, 3.8) is 0 Å². The summed E-state index contributed by atoms with van der Waals surface area (Å²) in [5.74, 6) is 1.96. The average Bonchev–Trinajstić information content (AvgIpc) is 3.36. The van der Waals surface area contributed by atoms with E-state index < -0.39 is 0 Å². The molecule has 5 aromatic heterocycles. The maximum atomic E-state index is 5.42. The van der Waals surface area contributed by atoms with E-state index >= 15 is 0 Å². The molecule has 29 heavy (non-hydrogen) atoms. The molecule has 9 nitrogen and oxygen atoms in total. The zero-order valence-electron chi connectivity index (χ0n) is 16.6. The highest BCUT2D eigenvalue weighted by Gasteiger charge is 2.23. The highest BCUT2D eigenvalue weighted by molar-refractivity contribution is 5.86. The number of nitrogens with one attached hydrogen (secondary N) is 2. The summed E-state index contributed by atoms with van der Waals surface area (Å²) in [6.45, 7) is 8.06. The third-order valence-electron chi connectivity index (χ3n) is 4.82. The van der Waals surface area contributed by atoms with E-state index in [9.17, 15) is 0 Å². The predicted molar refractivity (Wildman–Crippen MR) is 109 cm³/mol. The van der Waals surface area contributed by atoms with Gasteiger partial charge in [0.25, 0.3) is 5.89 Å². The van der Waals surface area contributed by atoms with Gasteiger partial charge in [-0.05, 0) is 37.5 Å². The molecule has 0 atom stereocenters. The van der Waals surface area contributed by atoms with Gasteiger partial charge in [0.1, 0.15) is 17.5 Å². The quantitative estimate of drug-likeness (QED) is 0.476. The van der Waals surface area contributed by atoms with Crippen molar-refractivity contribution in [2.24, 2.45) is 0 Å². The van der Waals surface area contributed by atoms with Gasteiger partial charge >= 0.3 is 0 Å². The van der Waals surface area contributed by atoms with Gasteiger partial charge in [-0.2, -0.15) is 10.1 Å². The molecule has 146 valence electrons. The van der Waals surface area contributed by atoms with Crippen molar-refractivity contribution < 1.29 is 4.52 Å². The van der Waals surface area contributed by atoms with Crippen LogP contribution in [0, 0.1) is 13.8 Å². The lowest BCUT2D eigenvalue weighted by atomic mass is 10.00. The second-order valence-electron chi connectivity index (χ2n) is 7.40. The Balaban J connectivity index is 1.66. The molecule has 0 fully saturated rings. The Labute approximate surface area is 166 Å². The number of fused-ring (bicyclic) bond motifs is 2. The van der Waals surface area contributed by atoms with E-state index in [1.165, 1.54) is 6.33 Å². The highest BCUT2D eigenvalue weighted by atomic mass is 16.5. The summed E-state index contributed by atoms with van der Waals surface area (Å²) in [6, 6.07) is 4.11. The third-order valence-corrected chi connectivity index (χ3v) is 4.82. The Kier molecular flexibility index (Phi) is 3.83. The van der Waals surface area contributed by atoms with Gasteiger partial charge in [0.05, 0.1) is 17.4 Å². The first-order chi connectivity index (χ1) is 14.0. The van der Waals surface area contributed by atoms with Crippen LogP contribution < -0.4 is 5.32 Å². The van der Waals surface area contributed by atoms with Gasteiger partial charge in [-0.1, -0.05) is 19.0 Å². The van der Waals surface area contributed by atoms with Crippen LogP contribution in [-0.4, -0.2) is 34.7 Å². The van der Waals surface area contributed by atoms with Crippen LogP contribution >= 0.6 is 0 Å². The van der Waals surface area contributed by atoms with E-state index in [1.54, 1.807) is 17.6 Å². The fourth-order valence-electron chi connectivity index (χ4n) is 3.65. The van der Waals surface area contributed by atoms with Crippen molar-refractivity contribution in [2.45, 2.75) is 33.6 Å². The Hall–Kier alpha value is -3.75. The average molecular weight is 388 g/mol. The second kappa shape index (κ2) is 6.40. The molecule has 0 aromatic carbocycles. The van der Waals surface area contributed by atoms with Crippen molar-refractivity contribution in [1.29, 1.82) is 0 Å². The fraction of sp³-hybridized carbons (Fsp3) is 0.250. The molecule has 9 heteroatoms. The first-order valence-electron chi connectivity index (χ1n) is 9.39. The number of rotatable bonds is 4. The summed E-state index contributed by atoms with van der Waals surface area (Å²) in [6.07, 6.45) is 5.22. The van der Waals surface area contributed by atoms with Crippen LogP contribution in [0.2, 0.25) is 0 Å².